The van der Waals surface area contributed by atoms with Crippen molar-refractivity contribution in [2.75, 3.05) is 0 Å². The molecular weight excluding hydrogens is 308 g/mol. The second-order valence-electron chi connectivity index (χ2n) is 7.32. The zero-order valence-corrected chi connectivity index (χ0v) is 14.3. The van der Waals surface area contributed by atoms with E-state index in [0.29, 0.717) is 24.9 Å². The van der Waals surface area contributed by atoms with Crippen molar-refractivity contribution in [1.82, 2.24) is 10.6 Å². The summed E-state index contributed by atoms with van der Waals surface area (Å²) in [6.07, 6.45) is 1.73. The first kappa shape index (κ1) is 18.0. The molecule has 0 heterocycles. The van der Waals surface area contributed by atoms with Gasteiger partial charge in [0.1, 0.15) is 5.54 Å². The topological polar surface area (TPSA) is 95.5 Å². The maximum absolute atomic E-state index is 12.2. The lowest BCUT2D eigenvalue weighted by molar-refractivity contribution is -0.148. The summed E-state index contributed by atoms with van der Waals surface area (Å²) in [5, 5.41) is 14.7. The number of amides is 2. The van der Waals surface area contributed by atoms with Crippen molar-refractivity contribution in [3.05, 3.63) is 35.4 Å². The van der Waals surface area contributed by atoms with Crippen LogP contribution in [-0.4, -0.2) is 28.4 Å². The molecule has 1 aromatic carbocycles. The molecule has 0 aliphatic heterocycles. The van der Waals surface area contributed by atoms with Gasteiger partial charge < -0.3 is 15.7 Å². The van der Waals surface area contributed by atoms with E-state index >= 15 is 0 Å². The highest BCUT2D eigenvalue weighted by Gasteiger charge is 2.45. The van der Waals surface area contributed by atoms with Crippen LogP contribution in [0.3, 0.4) is 0 Å². The molecule has 0 saturated heterocycles. The molecular formula is C18H24N2O4. The number of aliphatic carboxylic acids is 1. The van der Waals surface area contributed by atoms with Crippen LogP contribution in [0.15, 0.2) is 24.3 Å². The lowest BCUT2D eigenvalue weighted by Gasteiger charge is -2.38. The van der Waals surface area contributed by atoms with Gasteiger partial charge in [0.2, 0.25) is 5.91 Å². The molecule has 0 unspecified atom stereocenters. The summed E-state index contributed by atoms with van der Waals surface area (Å²) in [4.78, 5) is 35.4. The SMILES string of the molecule is CC(C)(C)C(=O)NCc1ccc(C(=O)NC2(C(=O)O)CCC2)cc1. The average molecular weight is 332 g/mol. The van der Waals surface area contributed by atoms with Crippen LogP contribution in [-0.2, 0) is 16.1 Å². The van der Waals surface area contributed by atoms with Gasteiger partial charge in [-0.15, -0.1) is 0 Å². The van der Waals surface area contributed by atoms with Crippen LogP contribution >= 0.6 is 0 Å². The maximum atomic E-state index is 12.2. The van der Waals surface area contributed by atoms with Gasteiger partial charge in [-0.2, -0.15) is 0 Å². The van der Waals surface area contributed by atoms with E-state index in [4.69, 9.17) is 0 Å². The predicted octanol–water partition coefficient (Wildman–Crippen LogP) is 2.09. The molecule has 1 aromatic rings. The number of carboxylic acid groups (broad SMARTS) is 1. The van der Waals surface area contributed by atoms with Crippen LogP contribution in [0, 0.1) is 5.41 Å². The normalized spacial score (nSPS) is 16.0. The Morgan fingerprint density at radius 2 is 1.71 bits per heavy atom. The Hall–Kier alpha value is -2.37. The number of carboxylic acids is 1. The Morgan fingerprint density at radius 3 is 2.12 bits per heavy atom. The Labute approximate surface area is 141 Å². The van der Waals surface area contributed by atoms with Gasteiger partial charge in [0.05, 0.1) is 0 Å². The third kappa shape index (κ3) is 3.93. The van der Waals surface area contributed by atoms with E-state index in [-0.39, 0.29) is 11.8 Å². The molecule has 2 amide bonds. The zero-order chi connectivity index (χ0) is 18.0. The average Bonchev–Trinajstić information content (AvgIpc) is 2.47. The molecule has 6 nitrogen and oxygen atoms in total. The largest absolute Gasteiger partial charge is 0.480 e. The van der Waals surface area contributed by atoms with Crippen molar-refractivity contribution in [1.29, 1.82) is 0 Å². The highest BCUT2D eigenvalue weighted by atomic mass is 16.4. The molecule has 1 fully saturated rings. The van der Waals surface area contributed by atoms with Crippen LogP contribution in [0.2, 0.25) is 0 Å². The van der Waals surface area contributed by atoms with Gasteiger partial charge in [-0.3, -0.25) is 9.59 Å². The van der Waals surface area contributed by atoms with Gasteiger partial charge in [-0.25, -0.2) is 4.79 Å². The molecule has 6 heteroatoms. The maximum Gasteiger partial charge on any atom is 0.329 e. The van der Waals surface area contributed by atoms with Crippen molar-refractivity contribution >= 4 is 17.8 Å². The van der Waals surface area contributed by atoms with E-state index in [2.05, 4.69) is 10.6 Å². The van der Waals surface area contributed by atoms with E-state index in [1.807, 2.05) is 20.8 Å². The second-order valence-corrected chi connectivity index (χ2v) is 7.32. The van der Waals surface area contributed by atoms with Crippen LogP contribution in [0.4, 0.5) is 0 Å². The Morgan fingerprint density at radius 1 is 1.12 bits per heavy atom. The molecule has 0 bridgehead atoms. The summed E-state index contributed by atoms with van der Waals surface area (Å²) in [6.45, 7) is 5.91. The third-order valence-electron chi connectivity index (χ3n) is 4.32. The quantitative estimate of drug-likeness (QED) is 0.769. The minimum absolute atomic E-state index is 0.0438. The predicted molar refractivity (Wildman–Crippen MR) is 89.4 cm³/mol. The van der Waals surface area contributed by atoms with Gasteiger partial charge in [0, 0.05) is 17.5 Å². The first-order valence-corrected chi connectivity index (χ1v) is 8.07. The van der Waals surface area contributed by atoms with E-state index in [9.17, 15) is 19.5 Å². The second kappa shape index (κ2) is 6.63. The molecule has 24 heavy (non-hydrogen) atoms. The van der Waals surface area contributed by atoms with Crippen molar-refractivity contribution in [3.63, 3.8) is 0 Å². The molecule has 1 aliphatic rings. The summed E-state index contributed by atoms with van der Waals surface area (Å²) in [6, 6.07) is 6.79. The van der Waals surface area contributed by atoms with Crippen molar-refractivity contribution < 1.29 is 19.5 Å². The van der Waals surface area contributed by atoms with Gasteiger partial charge in [0.25, 0.3) is 5.91 Å². The van der Waals surface area contributed by atoms with Gasteiger partial charge in [-0.1, -0.05) is 32.9 Å². The third-order valence-corrected chi connectivity index (χ3v) is 4.32. The molecule has 1 saturated carbocycles. The molecule has 0 radical (unpaired) electrons. The Balaban J connectivity index is 1.95. The lowest BCUT2D eigenvalue weighted by atomic mass is 9.76. The summed E-state index contributed by atoms with van der Waals surface area (Å²) in [5.74, 6) is -1.41. The summed E-state index contributed by atoms with van der Waals surface area (Å²) >= 11 is 0. The molecule has 0 atom stereocenters. The van der Waals surface area contributed by atoms with Crippen LogP contribution in [0.1, 0.15) is 56.0 Å². The van der Waals surface area contributed by atoms with E-state index in [0.717, 1.165) is 12.0 Å². The number of hydrogen-bond donors (Lipinski definition) is 3. The summed E-state index contributed by atoms with van der Waals surface area (Å²) in [7, 11) is 0. The molecule has 130 valence electrons. The minimum atomic E-state index is -1.11. The van der Waals surface area contributed by atoms with Crippen LogP contribution in [0.25, 0.3) is 0 Å². The fourth-order valence-corrected chi connectivity index (χ4v) is 2.43. The Kier molecular flexibility index (Phi) is 4.96. The van der Waals surface area contributed by atoms with Gasteiger partial charge in [0.15, 0.2) is 0 Å². The highest BCUT2D eigenvalue weighted by molar-refractivity contribution is 5.98. The van der Waals surface area contributed by atoms with Crippen LogP contribution < -0.4 is 10.6 Å². The first-order valence-electron chi connectivity index (χ1n) is 8.07. The number of benzene rings is 1. The molecule has 3 N–H and O–H groups in total. The number of carbonyl (C=O) groups is 3. The highest BCUT2D eigenvalue weighted by Crippen LogP contribution is 2.32. The van der Waals surface area contributed by atoms with E-state index < -0.39 is 16.9 Å². The minimum Gasteiger partial charge on any atom is -0.480 e. The zero-order valence-electron chi connectivity index (χ0n) is 14.3. The lowest BCUT2D eigenvalue weighted by Crippen LogP contribution is -2.59. The fraction of sp³-hybridized carbons (Fsp3) is 0.500. The standard InChI is InChI=1S/C18H24N2O4/c1-17(2,3)15(22)19-11-12-5-7-13(8-6-12)14(21)20-18(16(23)24)9-4-10-18/h5-8H,4,9-11H2,1-3H3,(H,19,22)(H,20,21)(H,23,24). The number of hydrogen-bond acceptors (Lipinski definition) is 3. The molecule has 1 aliphatic carbocycles. The number of carbonyl (C=O) groups excluding carboxylic acids is 2. The number of rotatable bonds is 5. The van der Waals surface area contributed by atoms with Gasteiger partial charge >= 0.3 is 5.97 Å². The number of nitrogens with one attached hydrogen (secondary N) is 2. The summed E-state index contributed by atoms with van der Waals surface area (Å²) < 4.78 is 0. The summed E-state index contributed by atoms with van der Waals surface area (Å²) in [5.41, 5.74) is -0.279. The van der Waals surface area contributed by atoms with Crippen molar-refractivity contribution in [3.8, 4) is 0 Å². The monoisotopic (exact) mass is 332 g/mol. The molecule has 0 aromatic heterocycles. The first-order chi connectivity index (χ1) is 11.1. The molecule has 0 spiro atoms. The Bertz CT molecular complexity index is 640. The van der Waals surface area contributed by atoms with E-state index in [1.165, 1.54) is 0 Å². The smallest absolute Gasteiger partial charge is 0.329 e. The van der Waals surface area contributed by atoms with E-state index in [1.54, 1.807) is 24.3 Å². The fourth-order valence-electron chi connectivity index (χ4n) is 2.43. The van der Waals surface area contributed by atoms with Gasteiger partial charge in [-0.05, 0) is 37.0 Å². The van der Waals surface area contributed by atoms with Crippen molar-refractivity contribution in [2.45, 2.75) is 52.1 Å². The van der Waals surface area contributed by atoms with Crippen molar-refractivity contribution in [2.24, 2.45) is 5.41 Å². The van der Waals surface area contributed by atoms with Crippen LogP contribution in [0.5, 0.6) is 0 Å². The molecule has 2 rings (SSSR count).